The van der Waals surface area contributed by atoms with Crippen molar-refractivity contribution in [2.75, 3.05) is 20.1 Å². The molecular weight excluding hydrogens is 307 g/mol. The highest BCUT2D eigenvalue weighted by molar-refractivity contribution is 9.10. The van der Waals surface area contributed by atoms with Crippen molar-refractivity contribution in [2.24, 2.45) is 11.7 Å². The third kappa shape index (κ3) is 3.77. The van der Waals surface area contributed by atoms with Crippen LogP contribution >= 0.6 is 15.9 Å². The molecule has 106 valence electrons. The molecule has 0 amide bonds. The lowest BCUT2D eigenvalue weighted by Gasteiger charge is -2.29. The van der Waals surface area contributed by atoms with Gasteiger partial charge in [-0.25, -0.2) is 4.39 Å². The molecule has 19 heavy (non-hydrogen) atoms. The van der Waals surface area contributed by atoms with Crippen molar-refractivity contribution in [3.8, 4) is 0 Å². The summed E-state index contributed by atoms with van der Waals surface area (Å²) < 4.78 is 13.8. The summed E-state index contributed by atoms with van der Waals surface area (Å²) in [4.78, 5) is 2.32. The number of hydrogen-bond acceptors (Lipinski definition) is 2. The third-order valence-corrected chi connectivity index (χ3v) is 4.71. The highest BCUT2D eigenvalue weighted by Crippen LogP contribution is 2.29. The van der Waals surface area contributed by atoms with Crippen molar-refractivity contribution < 1.29 is 4.39 Å². The second kappa shape index (κ2) is 6.82. The fourth-order valence-corrected chi connectivity index (χ4v) is 3.41. The highest BCUT2D eigenvalue weighted by Gasteiger charge is 2.22. The summed E-state index contributed by atoms with van der Waals surface area (Å²) in [5.74, 6) is 0.570. The number of nitrogens with two attached hydrogens (primary N) is 1. The van der Waals surface area contributed by atoms with Gasteiger partial charge in [0.1, 0.15) is 5.82 Å². The van der Waals surface area contributed by atoms with E-state index in [0.717, 1.165) is 18.0 Å². The van der Waals surface area contributed by atoms with Crippen LogP contribution in [0.15, 0.2) is 22.7 Å². The van der Waals surface area contributed by atoms with Gasteiger partial charge in [-0.3, -0.25) is 4.90 Å². The number of hydrogen-bond donors (Lipinski definition) is 1. The van der Waals surface area contributed by atoms with Crippen molar-refractivity contribution in [3.05, 3.63) is 34.1 Å². The first-order valence-corrected chi connectivity index (χ1v) is 7.76. The van der Waals surface area contributed by atoms with Gasteiger partial charge in [-0.1, -0.05) is 18.9 Å². The van der Waals surface area contributed by atoms with E-state index in [1.54, 1.807) is 0 Å². The Balaban J connectivity index is 2.06. The lowest BCUT2D eigenvalue weighted by molar-refractivity contribution is 0.212. The first-order valence-electron chi connectivity index (χ1n) is 6.97. The molecule has 0 aromatic heterocycles. The summed E-state index contributed by atoms with van der Waals surface area (Å²) in [7, 11) is 2.12. The zero-order valence-corrected chi connectivity index (χ0v) is 13.0. The first-order chi connectivity index (χ1) is 9.11. The summed E-state index contributed by atoms with van der Waals surface area (Å²) in [6.45, 7) is 1.64. The molecular formula is C15H22BrFN2. The molecule has 0 bridgehead atoms. The Labute approximate surface area is 123 Å². The molecule has 1 unspecified atom stereocenters. The molecule has 0 heterocycles. The van der Waals surface area contributed by atoms with Gasteiger partial charge in [-0.2, -0.15) is 0 Å². The number of likely N-dealkylation sites (N-methyl/N-ethyl adjacent to an activating group) is 1. The monoisotopic (exact) mass is 328 g/mol. The lowest BCUT2D eigenvalue weighted by atomic mass is 10.0. The molecule has 2 rings (SSSR count). The molecule has 2 nitrogen and oxygen atoms in total. The number of rotatable bonds is 5. The molecule has 0 spiro atoms. The Bertz CT molecular complexity index is 419. The van der Waals surface area contributed by atoms with Crippen LogP contribution in [0, 0.1) is 11.7 Å². The summed E-state index contributed by atoms with van der Waals surface area (Å²) in [5.41, 5.74) is 7.00. The van der Waals surface area contributed by atoms with Gasteiger partial charge in [0.05, 0.1) is 4.47 Å². The quantitative estimate of drug-likeness (QED) is 0.892. The predicted octanol–water partition coefficient (Wildman–Crippen LogP) is 3.71. The smallest absolute Gasteiger partial charge is 0.137 e. The van der Waals surface area contributed by atoms with Crippen molar-refractivity contribution >= 4 is 15.9 Å². The largest absolute Gasteiger partial charge is 0.329 e. The van der Waals surface area contributed by atoms with Gasteiger partial charge < -0.3 is 5.73 Å². The van der Waals surface area contributed by atoms with Crippen molar-refractivity contribution in [3.63, 3.8) is 0 Å². The lowest BCUT2D eigenvalue weighted by Crippen LogP contribution is -2.33. The number of halogens is 2. The normalized spacial score (nSPS) is 18.2. The van der Waals surface area contributed by atoms with Gasteiger partial charge in [0.15, 0.2) is 0 Å². The topological polar surface area (TPSA) is 29.3 Å². The van der Waals surface area contributed by atoms with Gasteiger partial charge in [-0.15, -0.1) is 0 Å². The highest BCUT2D eigenvalue weighted by atomic mass is 79.9. The van der Waals surface area contributed by atoms with Crippen LogP contribution < -0.4 is 5.73 Å². The zero-order chi connectivity index (χ0) is 13.8. The zero-order valence-electron chi connectivity index (χ0n) is 11.4. The van der Waals surface area contributed by atoms with E-state index in [4.69, 9.17) is 5.73 Å². The van der Waals surface area contributed by atoms with Gasteiger partial charge in [0.25, 0.3) is 0 Å². The van der Waals surface area contributed by atoms with Gasteiger partial charge >= 0.3 is 0 Å². The van der Waals surface area contributed by atoms with E-state index in [-0.39, 0.29) is 11.9 Å². The van der Waals surface area contributed by atoms with Crippen LogP contribution in [0.4, 0.5) is 4.39 Å². The Hall–Kier alpha value is -0.450. The number of benzene rings is 1. The second-order valence-corrected chi connectivity index (χ2v) is 6.37. The van der Waals surface area contributed by atoms with Gasteiger partial charge in [-0.05, 0) is 59.4 Å². The molecule has 1 aromatic carbocycles. The average Bonchev–Trinajstić information content (AvgIpc) is 2.87. The predicted molar refractivity (Wildman–Crippen MR) is 80.5 cm³/mol. The average molecular weight is 329 g/mol. The molecule has 1 aliphatic rings. The molecule has 0 radical (unpaired) electrons. The van der Waals surface area contributed by atoms with Crippen LogP contribution in [0.3, 0.4) is 0 Å². The summed E-state index contributed by atoms with van der Waals surface area (Å²) in [6, 6.07) is 5.35. The minimum atomic E-state index is -0.224. The molecule has 1 saturated carbocycles. The molecule has 1 atom stereocenters. The SMILES string of the molecule is CN(CC1CCCC1)C(CN)c1ccc(F)c(Br)c1. The van der Waals surface area contributed by atoms with Crippen molar-refractivity contribution in [1.29, 1.82) is 0 Å². The molecule has 2 N–H and O–H groups in total. The van der Waals surface area contributed by atoms with Crippen LogP contribution in [0.1, 0.15) is 37.3 Å². The van der Waals surface area contributed by atoms with E-state index in [1.165, 1.54) is 31.7 Å². The Kier molecular flexibility index (Phi) is 5.37. The van der Waals surface area contributed by atoms with E-state index in [2.05, 4.69) is 27.9 Å². The first kappa shape index (κ1) is 14.9. The Morgan fingerprint density at radius 3 is 2.68 bits per heavy atom. The minimum absolute atomic E-state index is 0.164. The molecule has 4 heteroatoms. The van der Waals surface area contributed by atoms with E-state index in [1.807, 2.05) is 12.1 Å². The fourth-order valence-electron chi connectivity index (χ4n) is 3.02. The molecule has 1 aromatic rings. The molecule has 1 fully saturated rings. The van der Waals surface area contributed by atoms with Crippen LogP contribution in [-0.4, -0.2) is 25.0 Å². The fraction of sp³-hybridized carbons (Fsp3) is 0.600. The Morgan fingerprint density at radius 1 is 1.42 bits per heavy atom. The van der Waals surface area contributed by atoms with Gasteiger partial charge in [0, 0.05) is 19.1 Å². The Morgan fingerprint density at radius 2 is 2.11 bits per heavy atom. The maximum absolute atomic E-state index is 13.3. The van der Waals surface area contributed by atoms with Crippen LogP contribution in [0.25, 0.3) is 0 Å². The molecule has 0 aliphatic heterocycles. The minimum Gasteiger partial charge on any atom is -0.329 e. The summed E-state index contributed by atoms with van der Waals surface area (Å²) in [5, 5.41) is 0. The second-order valence-electron chi connectivity index (χ2n) is 5.52. The maximum atomic E-state index is 13.3. The summed E-state index contributed by atoms with van der Waals surface area (Å²) >= 11 is 3.25. The molecule has 0 saturated heterocycles. The van der Waals surface area contributed by atoms with E-state index >= 15 is 0 Å². The van der Waals surface area contributed by atoms with E-state index in [0.29, 0.717) is 11.0 Å². The van der Waals surface area contributed by atoms with Crippen molar-refractivity contribution in [1.82, 2.24) is 4.90 Å². The number of nitrogens with zero attached hydrogens (tertiary/aromatic N) is 1. The summed E-state index contributed by atoms with van der Waals surface area (Å²) in [6.07, 6.45) is 5.37. The molecule has 1 aliphatic carbocycles. The van der Waals surface area contributed by atoms with Crippen LogP contribution in [-0.2, 0) is 0 Å². The van der Waals surface area contributed by atoms with Crippen LogP contribution in [0.2, 0.25) is 0 Å². The van der Waals surface area contributed by atoms with E-state index < -0.39 is 0 Å². The van der Waals surface area contributed by atoms with Crippen LogP contribution in [0.5, 0.6) is 0 Å². The maximum Gasteiger partial charge on any atom is 0.137 e. The van der Waals surface area contributed by atoms with Gasteiger partial charge in [0.2, 0.25) is 0 Å². The third-order valence-electron chi connectivity index (χ3n) is 4.10. The standard InChI is InChI=1S/C15H22BrFN2/c1-19(10-11-4-2-3-5-11)15(9-18)12-6-7-14(17)13(16)8-12/h6-8,11,15H,2-5,9-10,18H2,1H3. The van der Waals surface area contributed by atoms with E-state index in [9.17, 15) is 4.39 Å². The van der Waals surface area contributed by atoms with Crippen molar-refractivity contribution in [2.45, 2.75) is 31.7 Å².